The van der Waals surface area contributed by atoms with E-state index in [4.69, 9.17) is 4.74 Å². The summed E-state index contributed by atoms with van der Waals surface area (Å²) in [7, 11) is 0. The highest BCUT2D eigenvalue weighted by molar-refractivity contribution is 5.79. The van der Waals surface area contributed by atoms with Crippen LogP contribution in [0.2, 0.25) is 0 Å². The van der Waals surface area contributed by atoms with E-state index in [-0.39, 0.29) is 17.6 Å². The molecule has 0 radical (unpaired) electrons. The maximum Gasteiger partial charge on any atom is 0.407 e. The third-order valence-corrected chi connectivity index (χ3v) is 5.04. The Morgan fingerprint density at radius 1 is 1.20 bits per heavy atom. The second kappa shape index (κ2) is 8.03. The second-order valence-electron chi connectivity index (χ2n) is 8.17. The lowest BCUT2D eigenvalue weighted by Gasteiger charge is -2.43. The second-order valence-corrected chi connectivity index (χ2v) is 8.17. The fourth-order valence-corrected chi connectivity index (χ4v) is 3.82. The van der Waals surface area contributed by atoms with Gasteiger partial charge in [-0.25, -0.2) is 4.79 Å². The largest absolute Gasteiger partial charge is 0.444 e. The van der Waals surface area contributed by atoms with Crippen molar-refractivity contribution in [2.24, 2.45) is 5.41 Å². The quantitative estimate of drug-likeness (QED) is 0.844. The summed E-state index contributed by atoms with van der Waals surface area (Å²) in [6.07, 6.45) is 4.14. The van der Waals surface area contributed by atoms with Crippen molar-refractivity contribution in [2.75, 3.05) is 0 Å². The Morgan fingerprint density at radius 3 is 2.32 bits per heavy atom. The predicted octanol–water partition coefficient (Wildman–Crippen LogP) is 4.66. The van der Waals surface area contributed by atoms with Gasteiger partial charge in [-0.2, -0.15) is 0 Å². The van der Waals surface area contributed by atoms with Crippen LogP contribution >= 0.6 is 0 Å². The highest BCUT2D eigenvalue weighted by atomic mass is 16.6. The minimum Gasteiger partial charge on any atom is -0.444 e. The van der Waals surface area contributed by atoms with Crippen LogP contribution in [0, 0.1) is 5.41 Å². The minimum absolute atomic E-state index is 0.00402. The zero-order chi connectivity index (χ0) is 18.5. The Bertz CT molecular complexity index is 579. The van der Waals surface area contributed by atoms with Crippen molar-refractivity contribution in [1.29, 1.82) is 0 Å². The molecule has 0 spiro atoms. The number of benzene rings is 1. The van der Waals surface area contributed by atoms with Crippen molar-refractivity contribution < 1.29 is 14.3 Å². The van der Waals surface area contributed by atoms with Crippen LogP contribution in [0.4, 0.5) is 4.79 Å². The van der Waals surface area contributed by atoms with Gasteiger partial charge >= 0.3 is 6.09 Å². The van der Waals surface area contributed by atoms with Gasteiger partial charge in [-0.05, 0) is 57.4 Å². The van der Waals surface area contributed by atoms with E-state index in [9.17, 15) is 9.59 Å². The van der Waals surface area contributed by atoms with Gasteiger partial charge in [0.15, 0.2) is 0 Å². The van der Waals surface area contributed by atoms with Gasteiger partial charge in [-0.1, -0.05) is 37.3 Å². The van der Waals surface area contributed by atoms with E-state index in [0.29, 0.717) is 18.6 Å². The summed E-state index contributed by atoms with van der Waals surface area (Å²) in [6, 6.07) is 10.3. The molecular weight excluding hydrogens is 314 g/mol. The normalized spacial score (nSPS) is 18.5. The van der Waals surface area contributed by atoms with E-state index in [1.165, 1.54) is 5.56 Å². The van der Waals surface area contributed by atoms with E-state index in [2.05, 4.69) is 24.4 Å². The molecule has 1 atom stereocenters. The lowest BCUT2D eigenvalue weighted by molar-refractivity contribution is -0.122. The number of nitrogens with one attached hydrogen (secondary N) is 1. The smallest absolute Gasteiger partial charge is 0.407 e. The van der Waals surface area contributed by atoms with Crippen LogP contribution in [-0.2, 0) is 16.0 Å². The van der Waals surface area contributed by atoms with E-state index in [1.807, 2.05) is 39.0 Å². The summed E-state index contributed by atoms with van der Waals surface area (Å²) < 4.78 is 5.46. The average molecular weight is 345 g/mol. The zero-order valence-electron chi connectivity index (χ0n) is 15.9. The summed E-state index contributed by atoms with van der Waals surface area (Å²) in [5.41, 5.74) is 0.639. The number of hydrogen-bond donors (Lipinski definition) is 1. The van der Waals surface area contributed by atoms with Gasteiger partial charge < -0.3 is 10.1 Å². The number of carbonyl (C=O) groups excluding carboxylic acids is 2. The van der Waals surface area contributed by atoms with Gasteiger partial charge in [0.25, 0.3) is 0 Å². The SMILES string of the molecule is CCC(NC(=O)OC(C)(C)C)C1(Cc2ccccc2)CCC(=O)CC1. The van der Waals surface area contributed by atoms with Gasteiger partial charge in [0, 0.05) is 18.9 Å². The van der Waals surface area contributed by atoms with E-state index in [1.54, 1.807) is 0 Å². The number of alkyl carbamates (subject to hydrolysis) is 1. The van der Waals surface area contributed by atoms with Crippen LogP contribution in [0.1, 0.15) is 65.4 Å². The Hall–Kier alpha value is -1.84. The molecule has 0 heterocycles. The number of Topliss-reactive ketones (excluding diaryl/α,β-unsaturated/α-hetero) is 1. The van der Waals surface area contributed by atoms with Crippen LogP contribution < -0.4 is 5.32 Å². The molecule has 4 heteroatoms. The van der Waals surface area contributed by atoms with E-state index in [0.717, 1.165) is 25.7 Å². The van der Waals surface area contributed by atoms with Crippen LogP contribution in [0.3, 0.4) is 0 Å². The fraction of sp³-hybridized carbons (Fsp3) is 0.619. The van der Waals surface area contributed by atoms with Gasteiger partial charge in [-0.3, -0.25) is 4.79 Å². The molecule has 1 saturated carbocycles. The molecule has 1 fully saturated rings. The average Bonchev–Trinajstić information content (AvgIpc) is 2.54. The first kappa shape index (κ1) is 19.5. The number of hydrogen-bond acceptors (Lipinski definition) is 3. The number of ketones is 1. The Morgan fingerprint density at radius 2 is 1.80 bits per heavy atom. The topological polar surface area (TPSA) is 55.4 Å². The molecule has 1 amide bonds. The first-order valence-electron chi connectivity index (χ1n) is 9.29. The first-order chi connectivity index (χ1) is 11.7. The molecule has 1 aromatic rings. The summed E-state index contributed by atoms with van der Waals surface area (Å²) in [5.74, 6) is 0.329. The number of rotatable bonds is 5. The van der Waals surface area contributed by atoms with E-state index < -0.39 is 5.60 Å². The molecule has 4 nitrogen and oxygen atoms in total. The molecule has 1 aromatic carbocycles. The monoisotopic (exact) mass is 345 g/mol. The molecular formula is C21H31NO3. The Labute approximate surface area is 151 Å². The molecule has 25 heavy (non-hydrogen) atoms. The van der Waals surface area contributed by atoms with Crippen LogP contribution in [0.5, 0.6) is 0 Å². The molecule has 1 unspecified atom stereocenters. The minimum atomic E-state index is -0.516. The highest BCUT2D eigenvalue weighted by Crippen LogP contribution is 2.42. The summed E-state index contributed by atoms with van der Waals surface area (Å²) >= 11 is 0. The maximum atomic E-state index is 12.3. The number of ether oxygens (including phenoxy) is 1. The Balaban J connectivity index is 2.20. The van der Waals surface area contributed by atoms with Gasteiger partial charge in [-0.15, -0.1) is 0 Å². The standard InChI is InChI=1S/C21H31NO3/c1-5-18(22-19(24)25-20(2,3)4)21(13-11-17(23)12-14-21)15-16-9-7-6-8-10-16/h6-10,18H,5,11-15H2,1-4H3,(H,22,24). The van der Waals surface area contributed by atoms with Crippen molar-refractivity contribution in [3.8, 4) is 0 Å². The number of amides is 1. The fourth-order valence-electron chi connectivity index (χ4n) is 3.82. The first-order valence-corrected chi connectivity index (χ1v) is 9.29. The van der Waals surface area contributed by atoms with Gasteiger partial charge in [0.1, 0.15) is 11.4 Å². The van der Waals surface area contributed by atoms with Crippen LogP contribution in [0.15, 0.2) is 30.3 Å². The third-order valence-electron chi connectivity index (χ3n) is 5.04. The van der Waals surface area contributed by atoms with Crippen molar-refractivity contribution in [1.82, 2.24) is 5.32 Å². The molecule has 1 aliphatic rings. The lowest BCUT2D eigenvalue weighted by atomic mass is 9.65. The summed E-state index contributed by atoms with van der Waals surface area (Å²) in [6.45, 7) is 7.69. The van der Waals surface area contributed by atoms with Crippen molar-refractivity contribution in [3.63, 3.8) is 0 Å². The molecule has 0 aromatic heterocycles. The number of carbonyl (C=O) groups is 2. The van der Waals surface area contributed by atoms with Gasteiger partial charge in [0.2, 0.25) is 0 Å². The summed E-state index contributed by atoms with van der Waals surface area (Å²) in [5, 5.41) is 3.10. The lowest BCUT2D eigenvalue weighted by Crippen LogP contribution is -2.51. The van der Waals surface area contributed by atoms with Crippen molar-refractivity contribution >= 4 is 11.9 Å². The van der Waals surface area contributed by atoms with Gasteiger partial charge in [0.05, 0.1) is 0 Å². The molecule has 0 aliphatic heterocycles. The van der Waals surface area contributed by atoms with Crippen molar-refractivity contribution in [3.05, 3.63) is 35.9 Å². The molecule has 0 bridgehead atoms. The van der Waals surface area contributed by atoms with E-state index >= 15 is 0 Å². The molecule has 0 saturated heterocycles. The molecule has 1 N–H and O–H groups in total. The molecule has 1 aliphatic carbocycles. The predicted molar refractivity (Wildman–Crippen MR) is 99.5 cm³/mol. The van der Waals surface area contributed by atoms with Crippen molar-refractivity contribution in [2.45, 2.75) is 77.9 Å². The molecule has 138 valence electrons. The van der Waals surface area contributed by atoms with Crippen LogP contribution in [-0.4, -0.2) is 23.5 Å². The highest BCUT2D eigenvalue weighted by Gasteiger charge is 2.42. The molecule has 2 rings (SSSR count). The zero-order valence-corrected chi connectivity index (χ0v) is 15.9. The Kier molecular flexibility index (Phi) is 6.26. The third kappa shape index (κ3) is 5.58. The maximum absolute atomic E-state index is 12.3. The van der Waals surface area contributed by atoms with Crippen LogP contribution in [0.25, 0.3) is 0 Å². The summed E-state index contributed by atoms with van der Waals surface area (Å²) in [4.78, 5) is 24.1.